The van der Waals surface area contributed by atoms with Crippen molar-refractivity contribution in [2.75, 3.05) is 19.8 Å². The van der Waals surface area contributed by atoms with Gasteiger partial charge in [-0.2, -0.15) is 0 Å². The van der Waals surface area contributed by atoms with Crippen molar-refractivity contribution in [1.29, 1.82) is 0 Å². The summed E-state index contributed by atoms with van der Waals surface area (Å²) in [6.07, 6.45) is 1.19. The quantitative estimate of drug-likeness (QED) is 0.376. The highest BCUT2D eigenvalue weighted by atomic mass is 79.9. The van der Waals surface area contributed by atoms with Crippen LogP contribution in [0.15, 0.2) is 60.7 Å². The maximum absolute atomic E-state index is 6.58. The van der Waals surface area contributed by atoms with E-state index in [1.165, 1.54) is 22.3 Å². The van der Waals surface area contributed by atoms with Crippen LogP contribution in [0.4, 0.5) is 0 Å². The van der Waals surface area contributed by atoms with Crippen molar-refractivity contribution in [3.05, 3.63) is 71.8 Å². The first-order valence-electron chi connectivity index (χ1n) is 10.2. The second-order valence-electron chi connectivity index (χ2n) is 8.30. The van der Waals surface area contributed by atoms with Crippen LogP contribution in [-0.4, -0.2) is 30.8 Å². The molecule has 0 aromatic heterocycles. The number of hydrogen-bond donors (Lipinski definition) is 0. The van der Waals surface area contributed by atoms with E-state index in [-0.39, 0.29) is 16.9 Å². The summed E-state index contributed by atoms with van der Waals surface area (Å²) in [5.74, 6) is 0. The molecule has 148 valence electrons. The summed E-state index contributed by atoms with van der Waals surface area (Å²) in [4.78, 5) is 0.379. The fourth-order valence-corrected chi connectivity index (χ4v) is 6.60. The zero-order valence-corrected chi connectivity index (χ0v) is 18.5. The number of fused-ring (bicyclic) bond motifs is 2. The molecule has 0 radical (unpaired) electrons. The van der Waals surface area contributed by atoms with Gasteiger partial charge in [-0.05, 0) is 35.6 Å². The fourth-order valence-electron chi connectivity index (χ4n) is 5.46. The second kappa shape index (κ2) is 7.78. The molecule has 0 amide bonds. The Morgan fingerprint density at radius 3 is 2.04 bits per heavy atom. The lowest BCUT2D eigenvalue weighted by Gasteiger charge is -2.35. The van der Waals surface area contributed by atoms with E-state index in [0.717, 1.165) is 13.0 Å². The van der Waals surface area contributed by atoms with Gasteiger partial charge in [-0.3, -0.25) is 0 Å². The molecule has 2 aliphatic carbocycles. The van der Waals surface area contributed by atoms with E-state index in [2.05, 4.69) is 90.4 Å². The summed E-state index contributed by atoms with van der Waals surface area (Å²) < 4.78 is 12.1. The first-order chi connectivity index (χ1) is 13.5. The molecule has 2 nitrogen and oxygen atoms in total. The monoisotopic (exact) mass is 440 g/mol. The van der Waals surface area contributed by atoms with Crippen LogP contribution < -0.4 is 0 Å². The van der Waals surface area contributed by atoms with Crippen molar-refractivity contribution in [3.63, 3.8) is 0 Å². The first kappa shape index (κ1) is 19.9. The molecule has 2 aromatic carbocycles. The Hall–Kier alpha value is -1.42. The molecule has 0 spiro atoms. The van der Waals surface area contributed by atoms with E-state index in [1.807, 2.05) is 6.92 Å². The van der Waals surface area contributed by atoms with Gasteiger partial charge in [-0.15, -0.1) is 0 Å². The summed E-state index contributed by atoms with van der Waals surface area (Å²) in [7, 11) is 0. The molecule has 4 rings (SSSR count). The van der Waals surface area contributed by atoms with Crippen LogP contribution in [0, 0.1) is 10.8 Å². The summed E-state index contributed by atoms with van der Waals surface area (Å²) >= 11 is 4.04. The topological polar surface area (TPSA) is 18.5 Å². The first-order valence-corrected chi connectivity index (χ1v) is 11.1. The Balaban J connectivity index is 1.85. The van der Waals surface area contributed by atoms with Gasteiger partial charge in [0.2, 0.25) is 0 Å². The molecule has 0 N–H and O–H groups in total. The van der Waals surface area contributed by atoms with Crippen molar-refractivity contribution >= 4 is 27.1 Å². The van der Waals surface area contributed by atoms with Crippen molar-refractivity contribution < 1.29 is 9.47 Å². The molecule has 3 heteroatoms. The third kappa shape index (κ3) is 2.99. The molecule has 2 aliphatic rings. The van der Waals surface area contributed by atoms with Gasteiger partial charge in [0.1, 0.15) is 0 Å². The Bertz CT molecular complexity index is 847. The Labute approximate surface area is 177 Å². The standard InChI is InChI=1S/C25H29BrO2/c1-4-27-15-16-28-23-24(2)17-20(26)25(23,3)22(19-13-9-6-10-14-19)21(24)18-11-7-5-8-12-18/h5-14,20,23H,4,15-17H2,1-3H3/t20-,23-,24-,25+/m0/s1. The molecule has 2 aromatic rings. The van der Waals surface area contributed by atoms with Crippen LogP contribution in [0.2, 0.25) is 0 Å². The lowest BCUT2D eigenvalue weighted by Crippen LogP contribution is -2.37. The highest BCUT2D eigenvalue weighted by Gasteiger charge is 2.67. The lowest BCUT2D eigenvalue weighted by atomic mass is 9.73. The molecule has 4 atom stereocenters. The molecule has 2 bridgehead atoms. The fraction of sp³-hybridized carbons (Fsp3) is 0.440. The number of halogens is 1. The number of rotatable bonds is 7. The SMILES string of the molecule is CCOCCO[C@@H]1[C@@]2(C)C(c3ccccc3)=C(c3ccccc3)[C@]1(C)C[C@@H]2Br. The van der Waals surface area contributed by atoms with E-state index in [9.17, 15) is 0 Å². The van der Waals surface area contributed by atoms with Crippen LogP contribution in [-0.2, 0) is 9.47 Å². The van der Waals surface area contributed by atoms with Crippen LogP contribution in [0.5, 0.6) is 0 Å². The largest absolute Gasteiger partial charge is 0.379 e. The molecule has 0 unspecified atom stereocenters. The highest BCUT2D eigenvalue weighted by molar-refractivity contribution is 9.09. The normalized spacial score (nSPS) is 31.6. The zero-order chi connectivity index (χ0) is 19.8. The van der Waals surface area contributed by atoms with E-state index < -0.39 is 0 Å². The second-order valence-corrected chi connectivity index (χ2v) is 9.41. The smallest absolute Gasteiger partial charge is 0.0775 e. The van der Waals surface area contributed by atoms with Gasteiger partial charge in [0, 0.05) is 22.3 Å². The lowest BCUT2D eigenvalue weighted by molar-refractivity contribution is -0.0467. The predicted octanol–water partition coefficient (Wildman–Crippen LogP) is 6.21. The van der Waals surface area contributed by atoms with Crippen LogP contribution in [0.25, 0.3) is 11.1 Å². The Morgan fingerprint density at radius 1 is 0.893 bits per heavy atom. The molecule has 0 heterocycles. The van der Waals surface area contributed by atoms with E-state index in [0.29, 0.717) is 18.0 Å². The summed E-state index contributed by atoms with van der Waals surface area (Å²) in [6.45, 7) is 8.80. The molecule has 0 aliphatic heterocycles. The number of ether oxygens (including phenoxy) is 2. The van der Waals surface area contributed by atoms with Gasteiger partial charge >= 0.3 is 0 Å². The van der Waals surface area contributed by atoms with E-state index in [1.54, 1.807) is 0 Å². The average Bonchev–Trinajstić information content (AvgIpc) is 3.03. The van der Waals surface area contributed by atoms with Crippen LogP contribution >= 0.6 is 15.9 Å². The van der Waals surface area contributed by atoms with Gasteiger partial charge < -0.3 is 9.47 Å². The van der Waals surface area contributed by atoms with Crippen molar-refractivity contribution in [3.8, 4) is 0 Å². The predicted molar refractivity (Wildman–Crippen MR) is 119 cm³/mol. The highest BCUT2D eigenvalue weighted by Crippen LogP contribution is 2.71. The maximum Gasteiger partial charge on any atom is 0.0775 e. The Morgan fingerprint density at radius 2 is 1.46 bits per heavy atom. The number of alkyl halides is 1. The molecule has 28 heavy (non-hydrogen) atoms. The molecule has 1 fully saturated rings. The minimum Gasteiger partial charge on any atom is -0.379 e. The van der Waals surface area contributed by atoms with Gasteiger partial charge in [0.25, 0.3) is 0 Å². The third-order valence-corrected chi connectivity index (χ3v) is 7.85. The van der Waals surface area contributed by atoms with Gasteiger partial charge in [0.05, 0.1) is 19.3 Å². The van der Waals surface area contributed by atoms with Crippen molar-refractivity contribution in [2.24, 2.45) is 10.8 Å². The molecule has 0 saturated heterocycles. The summed E-state index contributed by atoms with van der Waals surface area (Å²) in [5, 5.41) is 0. The van der Waals surface area contributed by atoms with Crippen LogP contribution in [0.1, 0.15) is 38.3 Å². The van der Waals surface area contributed by atoms with Crippen molar-refractivity contribution in [2.45, 2.75) is 38.1 Å². The molecule has 1 saturated carbocycles. The van der Waals surface area contributed by atoms with E-state index in [4.69, 9.17) is 9.47 Å². The van der Waals surface area contributed by atoms with Gasteiger partial charge in [-0.25, -0.2) is 0 Å². The molecular formula is C25H29BrO2. The third-order valence-electron chi connectivity index (χ3n) is 6.58. The van der Waals surface area contributed by atoms with Gasteiger partial charge in [-0.1, -0.05) is 90.4 Å². The van der Waals surface area contributed by atoms with E-state index >= 15 is 0 Å². The Kier molecular flexibility index (Phi) is 5.52. The minimum absolute atomic E-state index is 0.0400. The van der Waals surface area contributed by atoms with Crippen LogP contribution in [0.3, 0.4) is 0 Å². The minimum atomic E-state index is -0.0898. The number of benzene rings is 2. The molecular weight excluding hydrogens is 412 g/mol. The number of hydrogen-bond acceptors (Lipinski definition) is 2. The van der Waals surface area contributed by atoms with Crippen molar-refractivity contribution in [1.82, 2.24) is 0 Å². The van der Waals surface area contributed by atoms with Gasteiger partial charge in [0.15, 0.2) is 0 Å². The summed E-state index contributed by atoms with van der Waals surface area (Å²) in [6, 6.07) is 21.7. The summed E-state index contributed by atoms with van der Waals surface area (Å²) in [5.41, 5.74) is 5.35. The maximum atomic E-state index is 6.58. The zero-order valence-electron chi connectivity index (χ0n) is 17.0. The average molecular weight is 441 g/mol.